The molecule has 6 aromatic rings. The van der Waals surface area contributed by atoms with Crippen LogP contribution in [0.3, 0.4) is 0 Å². The van der Waals surface area contributed by atoms with Crippen LogP contribution in [-0.2, 0) is 32.0 Å². The first kappa shape index (κ1) is 49.0. The van der Waals surface area contributed by atoms with E-state index >= 15 is 0 Å². The van der Waals surface area contributed by atoms with Crippen molar-refractivity contribution in [3.8, 4) is 0 Å². The molecule has 6 heterocycles. The number of aromatic nitrogens is 4. The van der Waals surface area contributed by atoms with Gasteiger partial charge < -0.3 is 39.9 Å². The number of amides is 4. The molecule has 4 N–H and O–H groups in total. The molecule has 2 aliphatic rings. The number of carbonyl (C=O) groups is 8. The summed E-state index contributed by atoms with van der Waals surface area (Å²) in [6.45, 7) is 1.75. The molecule has 1 radical (unpaired) electrons. The Balaban J connectivity index is 0.000000226. The van der Waals surface area contributed by atoms with E-state index in [0.29, 0.717) is 23.6 Å². The molecule has 66 heavy (non-hydrogen) atoms. The minimum atomic E-state index is -1.50. The van der Waals surface area contributed by atoms with E-state index in [9.17, 15) is 52.2 Å². The van der Waals surface area contributed by atoms with Gasteiger partial charge in [0.2, 0.25) is 0 Å². The van der Waals surface area contributed by atoms with Gasteiger partial charge in [0.1, 0.15) is 5.69 Å². The van der Waals surface area contributed by atoms with Crippen molar-refractivity contribution in [3.63, 3.8) is 0 Å². The van der Waals surface area contributed by atoms with Gasteiger partial charge in [-0.3, -0.25) is 33.6 Å². The minimum Gasteiger partial charge on any atom is -0.476 e. The maximum atomic E-state index is 14.3. The van der Waals surface area contributed by atoms with Gasteiger partial charge in [0.25, 0.3) is 40.3 Å². The van der Waals surface area contributed by atoms with E-state index in [1.807, 2.05) is 12.1 Å². The zero-order valence-corrected chi connectivity index (χ0v) is 35.5. The number of carboxylic acids is 1. The first-order chi connectivity index (χ1) is 31.1. The molecule has 345 valence electrons. The van der Waals surface area contributed by atoms with Crippen molar-refractivity contribution < 1.29 is 84.9 Å². The van der Waals surface area contributed by atoms with Gasteiger partial charge in [0.15, 0.2) is 23.6 Å². The summed E-state index contributed by atoms with van der Waals surface area (Å²) in [5.41, 5.74) is 0.0897. The fourth-order valence-electron chi connectivity index (χ4n) is 7.12. The van der Waals surface area contributed by atoms with Crippen molar-refractivity contribution in [1.82, 2.24) is 39.5 Å². The molecule has 24 heteroatoms. The summed E-state index contributed by atoms with van der Waals surface area (Å²) >= 11 is 0. The number of rotatable bonds is 8. The molecule has 0 saturated carbocycles. The molecule has 0 spiro atoms. The number of aromatic carboxylic acids is 1. The third kappa shape index (κ3) is 10.7. The predicted octanol–water partition coefficient (Wildman–Crippen LogP) is 2.90. The van der Waals surface area contributed by atoms with Gasteiger partial charge >= 0.3 is 5.97 Å². The van der Waals surface area contributed by atoms with E-state index in [2.05, 4.69) is 19.9 Å². The summed E-state index contributed by atoms with van der Waals surface area (Å²) in [7, 11) is 0. The molecule has 2 fully saturated rings. The van der Waals surface area contributed by atoms with Crippen LogP contribution in [0.4, 0.5) is 8.78 Å². The van der Waals surface area contributed by atoms with Crippen LogP contribution >= 0.6 is 0 Å². The molecule has 0 bridgehead atoms. The molecule has 2 aliphatic heterocycles. The Labute approximate surface area is 385 Å². The number of hydrogen-bond acceptors (Lipinski definition) is 12. The van der Waals surface area contributed by atoms with Crippen molar-refractivity contribution in [1.29, 1.82) is 0 Å². The van der Waals surface area contributed by atoms with Crippen molar-refractivity contribution in [3.05, 3.63) is 141 Å². The second-order valence-corrected chi connectivity index (χ2v) is 14.1. The number of H-pyrrole nitrogens is 2. The number of aromatic amines is 2. The van der Waals surface area contributed by atoms with Gasteiger partial charge in [-0.2, -0.15) is 0 Å². The number of fused-ring (bicyclic) bond motifs is 2. The minimum absolute atomic E-state index is 0. The quantitative estimate of drug-likeness (QED) is 0.0426. The van der Waals surface area contributed by atoms with Crippen molar-refractivity contribution in [2.24, 2.45) is 0 Å². The number of nitrogens with one attached hydrogen (secondary N) is 2. The van der Waals surface area contributed by atoms with Crippen LogP contribution in [0.2, 0.25) is 0 Å². The SMILES string of the molecule is O=C(O)c1ncc(F)c2c(C(=O)C(=O)N3CCN(C(=O)c4ccccc4)CC3)c[nH]c12.O=Cc1ncc(F)c2c(C(=O)C(=O)N3CCN(C(=O)c4ccccc4)CC3)c[nH]c12.O=[N+]([O-])O.[Ag]. The number of halogens is 2. The van der Waals surface area contributed by atoms with Crippen molar-refractivity contribution in [2.45, 2.75) is 0 Å². The Morgan fingerprint density at radius 3 is 1.39 bits per heavy atom. The van der Waals surface area contributed by atoms with Gasteiger partial charge in [0, 0.05) is 98.3 Å². The Morgan fingerprint density at radius 2 is 1.00 bits per heavy atom. The normalized spacial score (nSPS) is 13.3. The van der Waals surface area contributed by atoms with E-state index in [1.54, 1.807) is 58.3 Å². The number of pyridine rings is 2. The molecule has 8 rings (SSSR count). The number of carbonyl (C=O) groups excluding carboxylic acids is 7. The average molecular weight is 1000 g/mol. The van der Waals surface area contributed by atoms with Crippen LogP contribution in [0.25, 0.3) is 21.8 Å². The summed E-state index contributed by atoms with van der Waals surface area (Å²) in [4.78, 5) is 125. The van der Waals surface area contributed by atoms with Gasteiger partial charge in [-0.05, 0) is 24.3 Å². The number of Topliss-reactive ketones (excluding diaryl/α,β-unsaturated/α-hetero) is 2. The molecule has 4 aromatic heterocycles. The van der Waals surface area contributed by atoms with Crippen LogP contribution in [0.15, 0.2) is 85.5 Å². The molecule has 21 nitrogen and oxygen atoms in total. The van der Waals surface area contributed by atoms with Crippen molar-refractivity contribution >= 4 is 69.3 Å². The topological polar surface area (TPSA) is 290 Å². The maximum Gasteiger partial charge on any atom is 0.356 e. The monoisotopic (exact) mass is 1000 g/mol. The zero-order chi connectivity index (χ0) is 46.9. The second-order valence-electron chi connectivity index (χ2n) is 14.1. The fraction of sp³-hybridized carbons (Fsp3) is 0.190. The number of aldehydes is 1. The van der Waals surface area contributed by atoms with Crippen LogP contribution < -0.4 is 0 Å². The van der Waals surface area contributed by atoms with Crippen LogP contribution in [-0.4, -0.2) is 155 Å². The van der Waals surface area contributed by atoms with E-state index in [1.165, 1.54) is 16.0 Å². The Hall–Kier alpha value is -8.02. The van der Waals surface area contributed by atoms with Crippen LogP contribution in [0, 0.1) is 21.7 Å². The molecular formula is C42H35AgF2N9O12. The number of carboxylic acid groups (broad SMARTS) is 1. The second kappa shape index (κ2) is 21.6. The van der Waals surface area contributed by atoms with Gasteiger partial charge in [-0.15, -0.1) is 10.1 Å². The Morgan fingerprint density at radius 1 is 0.636 bits per heavy atom. The molecule has 0 unspecified atom stereocenters. The van der Waals surface area contributed by atoms with E-state index in [-0.39, 0.29) is 125 Å². The third-order valence-corrected chi connectivity index (χ3v) is 10.3. The standard InChI is InChI=1S/C21H17FN4O5.C21H17FN4O4.Ag.HNO3/c22-14-11-24-17(21(30)31)16-15(14)13(10-23-16)18(27)20(29)26-8-6-25(7-9-26)19(28)12-4-2-1-3-5-12;22-15-11-23-16(12-27)18-17(15)14(10-24-18)19(28)21(30)26-8-6-25(7-9-26)20(29)13-4-2-1-3-5-13;;2-1(3)4/h1-5,10-11,23H,6-9H2,(H,30,31);1-5,10-12,24H,6-9H2;;(H,2,3,4). The Kier molecular flexibility index (Phi) is 16.0. The first-order valence-corrected chi connectivity index (χ1v) is 19.3. The molecule has 2 saturated heterocycles. The first-order valence-electron chi connectivity index (χ1n) is 19.3. The summed E-state index contributed by atoms with van der Waals surface area (Å²) in [5.74, 6) is -6.87. The molecule has 2 aromatic carbocycles. The number of piperazine rings is 2. The summed E-state index contributed by atoms with van der Waals surface area (Å²) in [6, 6.07) is 17.5. The number of ketones is 2. The molecule has 0 aliphatic carbocycles. The van der Waals surface area contributed by atoms with Crippen LogP contribution in [0.1, 0.15) is 62.4 Å². The van der Waals surface area contributed by atoms with Gasteiger partial charge in [0.05, 0.1) is 45.3 Å². The Bertz CT molecular complexity index is 2840. The fourth-order valence-corrected chi connectivity index (χ4v) is 7.12. The number of benzene rings is 2. The number of hydrogen-bond donors (Lipinski definition) is 4. The largest absolute Gasteiger partial charge is 0.476 e. The summed E-state index contributed by atoms with van der Waals surface area (Å²) in [6.07, 6.45) is 4.30. The summed E-state index contributed by atoms with van der Waals surface area (Å²) < 4.78 is 28.5. The molecular weight excluding hydrogens is 968 g/mol. The maximum absolute atomic E-state index is 14.3. The van der Waals surface area contributed by atoms with Gasteiger partial charge in [-0.25, -0.2) is 23.5 Å². The number of nitrogens with zero attached hydrogens (tertiary/aromatic N) is 7. The zero-order valence-electron chi connectivity index (χ0n) is 34.0. The van der Waals surface area contributed by atoms with Gasteiger partial charge in [-0.1, -0.05) is 36.4 Å². The van der Waals surface area contributed by atoms with E-state index in [4.69, 9.17) is 15.3 Å². The van der Waals surface area contributed by atoms with Crippen LogP contribution in [0.5, 0.6) is 0 Å². The van der Waals surface area contributed by atoms with Crippen molar-refractivity contribution in [2.75, 3.05) is 52.4 Å². The summed E-state index contributed by atoms with van der Waals surface area (Å²) in [5, 5.41) is 22.4. The molecule has 4 amide bonds. The van der Waals surface area contributed by atoms with E-state index < -0.39 is 51.8 Å². The van der Waals surface area contributed by atoms with E-state index in [0.717, 1.165) is 12.4 Å². The smallest absolute Gasteiger partial charge is 0.356 e. The third-order valence-electron chi connectivity index (χ3n) is 10.3. The average Bonchev–Trinajstić information content (AvgIpc) is 3.98. The molecule has 0 atom stereocenters. The predicted molar refractivity (Wildman–Crippen MR) is 220 cm³/mol.